The van der Waals surface area contributed by atoms with E-state index in [0.717, 1.165) is 0 Å². The second-order valence-electron chi connectivity index (χ2n) is 4.41. The van der Waals surface area contributed by atoms with Gasteiger partial charge in [0, 0.05) is 42.3 Å². The zero-order valence-corrected chi connectivity index (χ0v) is 10.3. The molecule has 0 radical (unpaired) electrons. The first kappa shape index (κ1) is 13.5. The third-order valence-electron chi connectivity index (χ3n) is 3.26. The number of halogens is 3. The SMILES string of the molecule is OCCC1(O)c2cc(Cl)ccc2NCCC1(F)F. The summed E-state index contributed by atoms with van der Waals surface area (Å²) in [5, 5.41) is 22.4. The van der Waals surface area contributed by atoms with E-state index in [1.807, 2.05) is 0 Å². The Balaban J connectivity index is 2.61. The number of nitrogens with one attached hydrogen (secondary N) is 1. The van der Waals surface area contributed by atoms with Crippen molar-refractivity contribution in [2.45, 2.75) is 24.4 Å². The first-order valence-corrected chi connectivity index (χ1v) is 6.03. The molecule has 1 aliphatic rings. The molecular formula is C12H14ClF2NO2. The first-order valence-electron chi connectivity index (χ1n) is 5.66. The molecule has 18 heavy (non-hydrogen) atoms. The molecule has 0 amide bonds. The summed E-state index contributed by atoms with van der Waals surface area (Å²) in [5.74, 6) is -3.32. The Morgan fingerprint density at radius 1 is 1.39 bits per heavy atom. The van der Waals surface area contributed by atoms with Gasteiger partial charge >= 0.3 is 0 Å². The molecule has 0 spiro atoms. The zero-order valence-electron chi connectivity index (χ0n) is 9.59. The van der Waals surface area contributed by atoms with E-state index in [-0.39, 0.29) is 17.1 Å². The van der Waals surface area contributed by atoms with Crippen molar-refractivity contribution in [3.05, 3.63) is 28.8 Å². The molecule has 1 aromatic rings. The first-order chi connectivity index (χ1) is 8.40. The van der Waals surface area contributed by atoms with Gasteiger partial charge in [-0.3, -0.25) is 0 Å². The quantitative estimate of drug-likeness (QED) is 0.778. The summed E-state index contributed by atoms with van der Waals surface area (Å²) in [4.78, 5) is 0. The minimum atomic E-state index is -3.32. The van der Waals surface area contributed by atoms with Crippen LogP contribution in [0.5, 0.6) is 0 Å². The van der Waals surface area contributed by atoms with Gasteiger partial charge in [0.1, 0.15) is 0 Å². The molecule has 2 rings (SSSR count). The lowest BCUT2D eigenvalue weighted by Gasteiger charge is -2.35. The minimum absolute atomic E-state index is 0.0338. The molecule has 1 atom stereocenters. The van der Waals surface area contributed by atoms with Crippen molar-refractivity contribution in [1.82, 2.24) is 0 Å². The van der Waals surface area contributed by atoms with Gasteiger partial charge in [0.05, 0.1) is 0 Å². The number of aliphatic hydroxyl groups excluding tert-OH is 1. The molecule has 3 N–H and O–H groups in total. The van der Waals surface area contributed by atoms with Gasteiger partial charge in [0.2, 0.25) is 0 Å². The summed E-state index contributed by atoms with van der Waals surface area (Å²) in [6.07, 6.45) is -0.940. The average molecular weight is 278 g/mol. The summed E-state index contributed by atoms with van der Waals surface area (Å²) in [5.41, 5.74) is -1.94. The maximum absolute atomic E-state index is 14.1. The van der Waals surface area contributed by atoms with Gasteiger partial charge in [0.25, 0.3) is 5.92 Å². The Labute approximate surface area is 108 Å². The third kappa shape index (κ3) is 2.06. The maximum atomic E-state index is 14.1. The predicted molar refractivity (Wildman–Crippen MR) is 65.1 cm³/mol. The molecule has 100 valence electrons. The standard InChI is InChI=1S/C12H14ClF2NO2/c13-8-1-2-10-9(7-8)11(18,4-6-17)12(14,15)3-5-16-10/h1-2,7,16-18H,3-6H2. The van der Waals surface area contributed by atoms with Crippen molar-refractivity contribution >= 4 is 17.3 Å². The van der Waals surface area contributed by atoms with Crippen LogP contribution in [0.15, 0.2) is 18.2 Å². The van der Waals surface area contributed by atoms with Gasteiger partial charge in [0.15, 0.2) is 5.60 Å². The highest BCUT2D eigenvalue weighted by Crippen LogP contribution is 2.47. The highest BCUT2D eigenvalue weighted by Gasteiger charge is 2.54. The monoisotopic (exact) mass is 277 g/mol. The summed E-state index contributed by atoms with van der Waals surface area (Å²) in [7, 11) is 0. The topological polar surface area (TPSA) is 52.5 Å². The van der Waals surface area contributed by atoms with Crippen molar-refractivity contribution in [3.8, 4) is 0 Å². The molecule has 0 saturated heterocycles. The number of rotatable bonds is 2. The molecule has 1 aromatic carbocycles. The Kier molecular flexibility index (Phi) is 3.49. The summed E-state index contributed by atoms with van der Waals surface area (Å²) in [6, 6.07) is 4.44. The number of anilines is 1. The number of benzene rings is 1. The van der Waals surface area contributed by atoms with Crippen molar-refractivity contribution in [1.29, 1.82) is 0 Å². The molecule has 1 unspecified atom stereocenters. The second kappa shape index (κ2) is 4.64. The van der Waals surface area contributed by atoms with E-state index >= 15 is 0 Å². The molecule has 0 bridgehead atoms. The Morgan fingerprint density at radius 3 is 2.78 bits per heavy atom. The van der Waals surface area contributed by atoms with Gasteiger partial charge in [-0.25, -0.2) is 8.78 Å². The van der Waals surface area contributed by atoms with Crippen LogP contribution in [0, 0.1) is 0 Å². The van der Waals surface area contributed by atoms with Crippen molar-refractivity contribution in [3.63, 3.8) is 0 Å². The van der Waals surface area contributed by atoms with Crippen LogP contribution in [0.4, 0.5) is 14.5 Å². The minimum Gasteiger partial charge on any atom is -0.396 e. The van der Waals surface area contributed by atoms with Crippen LogP contribution in [-0.4, -0.2) is 29.3 Å². The predicted octanol–water partition coefficient (Wildman–Crippen LogP) is 2.36. The largest absolute Gasteiger partial charge is 0.396 e. The van der Waals surface area contributed by atoms with Gasteiger partial charge in [-0.05, 0) is 18.2 Å². The van der Waals surface area contributed by atoms with E-state index in [1.54, 1.807) is 12.1 Å². The van der Waals surface area contributed by atoms with E-state index in [4.69, 9.17) is 16.7 Å². The van der Waals surface area contributed by atoms with Crippen LogP contribution in [-0.2, 0) is 5.60 Å². The van der Waals surface area contributed by atoms with Crippen molar-refractivity contribution in [2.75, 3.05) is 18.5 Å². The summed E-state index contributed by atoms with van der Waals surface area (Å²) < 4.78 is 28.1. The fourth-order valence-corrected chi connectivity index (χ4v) is 2.42. The number of hydrogen-bond acceptors (Lipinski definition) is 3. The second-order valence-corrected chi connectivity index (χ2v) is 4.84. The number of aliphatic hydroxyl groups is 2. The lowest BCUT2D eigenvalue weighted by atomic mass is 9.83. The van der Waals surface area contributed by atoms with Gasteiger partial charge in [-0.2, -0.15) is 0 Å². The van der Waals surface area contributed by atoms with Crippen LogP contribution >= 0.6 is 11.6 Å². The highest BCUT2D eigenvalue weighted by molar-refractivity contribution is 6.30. The van der Waals surface area contributed by atoms with Crippen molar-refractivity contribution in [2.24, 2.45) is 0 Å². The Hall–Kier alpha value is -0.910. The Morgan fingerprint density at radius 2 is 2.11 bits per heavy atom. The van der Waals surface area contributed by atoms with Gasteiger partial charge in [-0.15, -0.1) is 0 Å². The maximum Gasteiger partial charge on any atom is 0.282 e. The van der Waals surface area contributed by atoms with E-state index in [2.05, 4.69) is 5.32 Å². The lowest BCUT2D eigenvalue weighted by Crippen LogP contribution is -2.45. The number of hydrogen-bond donors (Lipinski definition) is 3. The molecule has 1 aliphatic heterocycles. The van der Waals surface area contributed by atoms with E-state index in [1.165, 1.54) is 6.07 Å². The van der Waals surface area contributed by atoms with Crippen LogP contribution in [0.2, 0.25) is 5.02 Å². The molecular weight excluding hydrogens is 264 g/mol. The van der Waals surface area contributed by atoms with Crippen LogP contribution in [0.25, 0.3) is 0 Å². The molecule has 0 aliphatic carbocycles. The average Bonchev–Trinajstić information content (AvgIpc) is 2.38. The van der Waals surface area contributed by atoms with Crippen LogP contribution in [0.3, 0.4) is 0 Å². The number of fused-ring (bicyclic) bond motifs is 1. The van der Waals surface area contributed by atoms with Gasteiger partial charge in [-0.1, -0.05) is 11.6 Å². The van der Waals surface area contributed by atoms with Crippen LogP contribution in [0.1, 0.15) is 18.4 Å². The highest BCUT2D eigenvalue weighted by atomic mass is 35.5. The third-order valence-corrected chi connectivity index (χ3v) is 3.50. The molecule has 0 fully saturated rings. The van der Waals surface area contributed by atoms with Crippen molar-refractivity contribution < 1.29 is 19.0 Å². The van der Waals surface area contributed by atoms with Gasteiger partial charge < -0.3 is 15.5 Å². The van der Waals surface area contributed by atoms with E-state index < -0.39 is 31.0 Å². The summed E-state index contributed by atoms with van der Waals surface area (Å²) in [6.45, 7) is -0.479. The molecule has 0 aromatic heterocycles. The van der Waals surface area contributed by atoms with E-state index in [9.17, 15) is 13.9 Å². The lowest BCUT2D eigenvalue weighted by molar-refractivity contribution is -0.195. The number of alkyl halides is 2. The normalized spacial score (nSPS) is 26.1. The zero-order chi connectivity index (χ0) is 13.4. The smallest absolute Gasteiger partial charge is 0.282 e. The molecule has 6 heteroatoms. The molecule has 1 heterocycles. The molecule has 0 saturated carbocycles. The fourth-order valence-electron chi connectivity index (χ4n) is 2.25. The van der Waals surface area contributed by atoms with Crippen LogP contribution < -0.4 is 5.32 Å². The fraction of sp³-hybridized carbons (Fsp3) is 0.500. The van der Waals surface area contributed by atoms with E-state index in [0.29, 0.717) is 5.69 Å². The molecule has 3 nitrogen and oxygen atoms in total. The summed E-state index contributed by atoms with van der Waals surface area (Å²) >= 11 is 5.80. The Bertz CT molecular complexity index is 456.